The topological polar surface area (TPSA) is 132 Å². The van der Waals surface area contributed by atoms with E-state index >= 15 is 0 Å². The molecule has 3 aromatic carbocycles. The Labute approximate surface area is 205 Å². The maximum absolute atomic E-state index is 12.8. The molecule has 36 heavy (non-hydrogen) atoms. The molecule has 4 rings (SSSR count). The molecule has 1 aliphatic rings. The average Bonchev–Trinajstić information content (AvgIpc) is 3.36. The van der Waals surface area contributed by atoms with E-state index in [4.69, 9.17) is 9.47 Å². The third kappa shape index (κ3) is 6.20. The molecule has 10 nitrogen and oxygen atoms in total. The van der Waals surface area contributed by atoms with Gasteiger partial charge in [-0.25, -0.2) is 5.43 Å². The number of hydrazone groups is 1. The van der Waals surface area contributed by atoms with Crippen molar-refractivity contribution in [3.63, 3.8) is 0 Å². The number of fused-ring (bicyclic) bond motifs is 1. The standard InChI is InChI=1S/C26H20N4O6/c31-25(20-8-2-1-3-9-20)28-22(15-19-11-12-23-24(16-19)36-17-35-23)26(32)29-27-13-5-7-18-6-4-10-21(14-18)30(33)34/h1-16H,17H2,(H,28,31)(H,29,32)/b7-5+,22-15+,27-13+. The van der Waals surface area contributed by atoms with Crippen molar-refractivity contribution in [1.29, 1.82) is 0 Å². The number of nitro groups is 1. The van der Waals surface area contributed by atoms with Gasteiger partial charge in [-0.15, -0.1) is 0 Å². The van der Waals surface area contributed by atoms with Crippen LogP contribution in [0.1, 0.15) is 21.5 Å². The summed E-state index contributed by atoms with van der Waals surface area (Å²) in [5.74, 6) is -0.00181. The van der Waals surface area contributed by atoms with Crippen molar-refractivity contribution in [3.8, 4) is 11.5 Å². The van der Waals surface area contributed by atoms with Gasteiger partial charge in [0.1, 0.15) is 5.70 Å². The molecule has 0 saturated heterocycles. The Kier molecular flexibility index (Phi) is 7.47. The fourth-order valence-electron chi connectivity index (χ4n) is 3.21. The summed E-state index contributed by atoms with van der Waals surface area (Å²) in [5.41, 5.74) is 3.87. The van der Waals surface area contributed by atoms with Gasteiger partial charge in [-0.05, 0) is 47.5 Å². The van der Waals surface area contributed by atoms with Gasteiger partial charge in [0, 0.05) is 23.9 Å². The maximum Gasteiger partial charge on any atom is 0.287 e. The van der Waals surface area contributed by atoms with Gasteiger partial charge in [0.2, 0.25) is 6.79 Å². The van der Waals surface area contributed by atoms with E-state index in [0.717, 1.165) is 0 Å². The molecule has 0 spiro atoms. The number of allylic oxidation sites excluding steroid dienone is 1. The molecule has 10 heteroatoms. The van der Waals surface area contributed by atoms with Crippen molar-refractivity contribution >= 4 is 35.9 Å². The number of benzene rings is 3. The lowest BCUT2D eigenvalue weighted by molar-refractivity contribution is -0.384. The van der Waals surface area contributed by atoms with Gasteiger partial charge < -0.3 is 14.8 Å². The van der Waals surface area contributed by atoms with Crippen LogP contribution in [-0.4, -0.2) is 29.7 Å². The van der Waals surface area contributed by atoms with Gasteiger partial charge in [0.15, 0.2) is 11.5 Å². The molecular formula is C26H20N4O6. The first-order valence-electron chi connectivity index (χ1n) is 10.7. The van der Waals surface area contributed by atoms with Crippen molar-refractivity contribution in [2.75, 3.05) is 6.79 Å². The van der Waals surface area contributed by atoms with Gasteiger partial charge in [-0.3, -0.25) is 19.7 Å². The zero-order valence-electron chi connectivity index (χ0n) is 18.8. The minimum absolute atomic E-state index is 0.0326. The second-order valence-electron chi connectivity index (χ2n) is 7.42. The normalized spacial score (nSPS) is 12.6. The molecule has 0 radical (unpaired) electrons. The number of hydrogen-bond donors (Lipinski definition) is 2. The number of carbonyl (C=O) groups is 2. The fraction of sp³-hybridized carbons (Fsp3) is 0.0385. The van der Waals surface area contributed by atoms with Crippen LogP contribution in [0.5, 0.6) is 11.5 Å². The molecule has 3 aromatic rings. The third-order valence-electron chi connectivity index (χ3n) is 4.93. The molecule has 0 atom stereocenters. The Hall–Kier alpha value is -5.25. The van der Waals surface area contributed by atoms with Crippen LogP contribution >= 0.6 is 0 Å². The van der Waals surface area contributed by atoms with Crippen LogP contribution in [0, 0.1) is 10.1 Å². The molecule has 0 aliphatic carbocycles. The lowest BCUT2D eigenvalue weighted by Crippen LogP contribution is -2.32. The summed E-state index contributed by atoms with van der Waals surface area (Å²) in [7, 11) is 0. The number of nitrogens with one attached hydrogen (secondary N) is 2. The minimum Gasteiger partial charge on any atom is -0.454 e. The molecule has 0 saturated carbocycles. The Morgan fingerprint density at radius 2 is 1.75 bits per heavy atom. The molecule has 0 aromatic heterocycles. The first-order chi connectivity index (χ1) is 17.5. The monoisotopic (exact) mass is 484 g/mol. The highest BCUT2D eigenvalue weighted by molar-refractivity contribution is 6.05. The zero-order valence-corrected chi connectivity index (χ0v) is 18.8. The largest absolute Gasteiger partial charge is 0.454 e. The smallest absolute Gasteiger partial charge is 0.287 e. The molecular weight excluding hydrogens is 464 g/mol. The Bertz CT molecular complexity index is 1380. The number of nitrogens with zero attached hydrogens (tertiary/aromatic N) is 2. The van der Waals surface area contributed by atoms with Gasteiger partial charge in [0.05, 0.1) is 4.92 Å². The highest BCUT2D eigenvalue weighted by Gasteiger charge is 2.16. The lowest BCUT2D eigenvalue weighted by atomic mass is 10.1. The van der Waals surface area contributed by atoms with E-state index in [2.05, 4.69) is 15.8 Å². The number of non-ortho nitro benzene ring substituents is 1. The predicted molar refractivity (Wildman–Crippen MR) is 133 cm³/mol. The fourth-order valence-corrected chi connectivity index (χ4v) is 3.21. The van der Waals surface area contributed by atoms with Crippen molar-refractivity contribution in [2.45, 2.75) is 0 Å². The summed E-state index contributed by atoms with van der Waals surface area (Å²) in [5, 5.41) is 17.4. The SMILES string of the molecule is O=C(N/N=C/C=C/c1cccc([N+](=O)[O-])c1)/C(=C\c1ccc2c(c1)OCO2)NC(=O)c1ccccc1. The van der Waals surface area contributed by atoms with E-state index < -0.39 is 16.7 Å². The molecule has 2 N–H and O–H groups in total. The Balaban J connectivity index is 1.48. The molecule has 2 amide bonds. The van der Waals surface area contributed by atoms with E-state index in [9.17, 15) is 19.7 Å². The van der Waals surface area contributed by atoms with Crippen molar-refractivity contribution < 1.29 is 24.0 Å². The maximum atomic E-state index is 12.8. The Morgan fingerprint density at radius 1 is 0.944 bits per heavy atom. The summed E-state index contributed by atoms with van der Waals surface area (Å²) in [4.78, 5) is 35.9. The van der Waals surface area contributed by atoms with E-state index in [1.54, 1.807) is 66.7 Å². The second-order valence-corrected chi connectivity index (χ2v) is 7.42. The number of carbonyl (C=O) groups excluding carboxylic acids is 2. The van der Waals surface area contributed by atoms with Crippen molar-refractivity contribution in [1.82, 2.24) is 10.7 Å². The summed E-state index contributed by atoms with van der Waals surface area (Å²) < 4.78 is 10.7. The van der Waals surface area contributed by atoms with Crippen LogP contribution in [0.3, 0.4) is 0 Å². The van der Waals surface area contributed by atoms with E-state index in [1.165, 1.54) is 30.5 Å². The van der Waals surface area contributed by atoms with Crippen LogP contribution in [0.15, 0.2) is 89.7 Å². The summed E-state index contributed by atoms with van der Waals surface area (Å²) in [6.07, 6.45) is 5.92. The first kappa shape index (κ1) is 23.9. The van der Waals surface area contributed by atoms with Gasteiger partial charge in [-0.1, -0.05) is 42.5 Å². The molecule has 0 fully saturated rings. The van der Waals surface area contributed by atoms with Crippen LogP contribution in [0.25, 0.3) is 12.2 Å². The molecule has 1 aliphatic heterocycles. The average molecular weight is 484 g/mol. The number of ether oxygens (including phenoxy) is 2. The summed E-state index contributed by atoms with van der Waals surface area (Å²) in [6, 6.07) is 19.7. The van der Waals surface area contributed by atoms with Crippen LogP contribution in [0.2, 0.25) is 0 Å². The van der Waals surface area contributed by atoms with Crippen molar-refractivity contribution in [2.24, 2.45) is 5.10 Å². The number of nitro benzene ring substituents is 1. The van der Waals surface area contributed by atoms with Crippen LogP contribution in [-0.2, 0) is 4.79 Å². The first-order valence-corrected chi connectivity index (χ1v) is 10.7. The Morgan fingerprint density at radius 3 is 2.56 bits per heavy atom. The molecule has 0 bridgehead atoms. The quantitative estimate of drug-likeness (QED) is 0.216. The molecule has 1 heterocycles. The minimum atomic E-state index is -0.656. The van der Waals surface area contributed by atoms with E-state index in [-0.39, 0.29) is 18.2 Å². The van der Waals surface area contributed by atoms with Crippen molar-refractivity contribution in [3.05, 3.63) is 111 Å². The van der Waals surface area contributed by atoms with Gasteiger partial charge in [-0.2, -0.15) is 5.10 Å². The molecule has 180 valence electrons. The lowest BCUT2D eigenvalue weighted by Gasteiger charge is -2.09. The number of rotatable bonds is 8. The second kappa shape index (κ2) is 11.3. The number of hydrogen-bond acceptors (Lipinski definition) is 7. The highest BCUT2D eigenvalue weighted by Crippen LogP contribution is 2.33. The predicted octanol–water partition coefficient (Wildman–Crippen LogP) is 3.91. The van der Waals surface area contributed by atoms with E-state index in [1.807, 2.05) is 0 Å². The highest BCUT2D eigenvalue weighted by atomic mass is 16.7. The third-order valence-corrected chi connectivity index (χ3v) is 4.93. The van der Waals surface area contributed by atoms with Crippen LogP contribution in [0.4, 0.5) is 5.69 Å². The molecule has 0 unspecified atom stereocenters. The number of amides is 2. The zero-order chi connectivity index (χ0) is 25.3. The van der Waals surface area contributed by atoms with E-state index in [0.29, 0.717) is 28.2 Å². The van der Waals surface area contributed by atoms with Gasteiger partial charge in [0.25, 0.3) is 17.5 Å². The van der Waals surface area contributed by atoms with Crippen LogP contribution < -0.4 is 20.2 Å². The summed E-state index contributed by atoms with van der Waals surface area (Å²) >= 11 is 0. The summed E-state index contributed by atoms with van der Waals surface area (Å²) in [6.45, 7) is 0.110. The van der Waals surface area contributed by atoms with Gasteiger partial charge >= 0.3 is 0 Å².